The van der Waals surface area contributed by atoms with Gasteiger partial charge in [-0.25, -0.2) is 5.90 Å². The Kier molecular flexibility index (Phi) is 2.21. The van der Waals surface area contributed by atoms with Crippen LogP contribution in [0.3, 0.4) is 0 Å². The molecule has 2 rings (SSSR count). The summed E-state index contributed by atoms with van der Waals surface area (Å²) in [6, 6.07) is 2.93. The molecule has 0 spiro atoms. The third-order valence-electron chi connectivity index (χ3n) is 2.91. The van der Waals surface area contributed by atoms with Crippen LogP contribution in [-0.4, -0.2) is 21.9 Å². The molecular formula is C10H13NO4. The second-order valence-electron chi connectivity index (χ2n) is 3.92. The Morgan fingerprint density at radius 1 is 1.20 bits per heavy atom. The number of benzene rings is 1. The molecule has 1 saturated carbocycles. The maximum absolute atomic E-state index is 9.67. The van der Waals surface area contributed by atoms with Gasteiger partial charge in [-0.15, -0.1) is 0 Å². The Morgan fingerprint density at radius 3 is 2.40 bits per heavy atom. The summed E-state index contributed by atoms with van der Waals surface area (Å²) in [5.74, 6) is 3.91. The van der Waals surface area contributed by atoms with Crippen LogP contribution in [0, 0.1) is 0 Å². The van der Waals surface area contributed by atoms with E-state index in [4.69, 9.17) is 5.90 Å². The van der Waals surface area contributed by atoms with Gasteiger partial charge in [0.05, 0.1) is 6.61 Å². The lowest BCUT2D eigenvalue weighted by Crippen LogP contribution is -2.18. The molecule has 0 bridgehead atoms. The third-order valence-corrected chi connectivity index (χ3v) is 2.91. The highest BCUT2D eigenvalue weighted by Gasteiger charge is 2.47. The molecule has 1 aromatic rings. The number of rotatable bonds is 3. The lowest BCUT2D eigenvalue weighted by Gasteiger charge is -2.16. The molecular weight excluding hydrogens is 198 g/mol. The fourth-order valence-corrected chi connectivity index (χ4v) is 1.80. The maximum atomic E-state index is 9.67. The second kappa shape index (κ2) is 3.29. The summed E-state index contributed by atoms with van der Waals surface area (Å²) in [5, 5.41) is 28.2. The molecule has 5 N–H and O–H groups in total. The topological polar surface area (TPSA) is 95.9 Å². The Bertz CT molecular complexity index is 387. The molecule has 0 aliphatic heterocycles. The Hall–Kier alpha value is -1.46. The van der Waals surface area contributed by atoms with Crippen molar-refractivity contribution in [2.45, 2.75) is 18.3 Å². The van der Waals surface area contributed by atoms with Gasteiger partial charge in [0.1, 0.15) is 0 Å². The van der Waals surface area contributed by atoms with Gasteiger partial charge in [-0.2, -0.15) is 0 Å². The third kappa shape index (κ3) is 1.49. The Morgan fingerprint density at radius 2 is 1.87 bits per heavy atom. The Balaban J connectivity index is 2.41. The second-order valence-corrected chi connectivity index (χ2v) is 3.92. The first kappa shape index (κ1) is 10.1. The van der Waals surface area contributed by atoms with Crippen molar-refractivity contribution in [3.05, 3.63) is 17.7 Å². The number of hydrogen-bond acceptors (Lipinski definition) is 5. The zero-order valence-corrected chi connectivity index (χ0v) is 8.10. The molecule has 0 radical (unpaired) electrons. The van der Waals surface area contributed by atoms with Crippen molar-refractivity contribution in [2.24, 2.45) is 5.90 Å². The van der Waals surface area contributed by atoms with E-state index in [0.717, 1.165) is 12.8 Å². The zero-order chi connectivity index (χ0) is 11.1. The van der Waals surface area contributed by atoms with E-state index in [9.17, 15) is 15.3 Å². The van der Waals surface area contributed by atoms with Crippen LogP contribution in [0.25, 0.3) is 0 Å². The fraction of sp³-hybridized carbons (Fsp3) is 0.400. The van der Waals surface area contributed by atoms with Gasteiger partial charge in [-0.3, -0.25) is 0 Å². The minimum Gasteiger partial charge on any atom is -0.504 e. The first-order valence-electron chi connectivity index (χ1n) is 4.67. The molecule has 0 amide bonds. The zero-order valence-electron chi connectivity index (χ0n) is 8.10. The van der Waals surface area contributed by atoms with Gasteiger partial charge in [0.25, 0.3) is 0 Å². The molecule has 5 nitrogen and oxygen atoms in total. The highest BCUT2D eigenvalue weighted by Crippen LogP contribution is 2.54. The average molecular weight is 211 g/mol. The molecule has 0 aromatic heterocycles. The van der Waals surface area contributed by atoms with Crippen LogP contribution in [0.5, 0.6) is 17.2 Å². The summed E-state index contributed by atoms with van der Waals surface area (Å²) in [7, 11) is 0. The van der Waals surface area contributed by atoms with Crippen LogP contribution in [0.15, 0.2) is 12.1 Å². The molecule has 0 atom stereocenters. The summed E-state index contributed by atoms with van der Waals surface area (Å²) in [6.07, 6.45) is 1.70. The lowest BCUT2D eigenvalue weighted by molar-refractivity contribution is 0.115. The van der Waals surface area contributed by atoms with E-state index >= 15 is 0 Å². The molecule has 1 fully saturated rings. The molecule has 0 unspecified atom stereocenters. The van der Waals surface area contributed by atoms with E-state index in [2.05, 4.69) is 4.84 Å². The molecule has 1 aromatic carbocycles. The largest absolute Gasteiger partial charge is 0.504 e. The predicted octanol–water partition coefficient (Wildman–Crippen LogP) is 0.725. The van der Waals surface area contributed by atoms with Crippen LogP contribution < -0.4 is 5.90 Å². The number of aromatic hydroxyl groups is 3. The minimum atomic E-state index is -0.490. The van der Waals surface area contributed by atoms with E-state index in [0.29, 0.717) is 12.2 Å². The summed E-state index contributed by atoms with van der Waals surface area (Å²) in [5.41, 5.74) is 0.271. The molecule has 5 heteroatoms. The standard InChI is InChI=1S/C10H13NO4/c11-15-5-10(3-4-10)6-1-2-7(12)9(14)8(6)13/h1-2,12-14H,3-5,11H2. The maximum Gasteiger partial charge on any atom is 0.200 e. The van der Waals surface area contributed by atoms with E-state index in [1.807, 2.05) is 0 Å². The van der Waals surface area contributed by atoms with Crippen LogP contribution >= 0.6 is 0 Å². The van der Waals surface area contributed by atoms with Gasteiger partial charge >= 0.3 is 0 Å². The van der Waals surface area contributed by atoms with Crippen molar-refractivity contribution < 1.29 is 20.2 Å². The van der Waals surface area contributed by atoms with E-state index in [-0.39, 0.29) is 16.9 Å². The van der Waals surface area contributed by atoms with Crippen molar-refractivity contribution in [1.82, 2.24) is 0 Å². The van der Waals surface area contributed by atoms with Gasteiger partial charge in [0.2, 0.25) is 5.75 Å². The number of nitrogens with two attached hydrogens (primary N) is 1. The van der Waals surface area contributed by atoms with E-state index < -0.39 is 5.75 Å². The van der Waals surface area contributed by atoms with Crippen molar-refractivity contribution in [3.63, 3.8) is 0 Å². The normalized spacial score (nSPS) is 17.7. The summed E-state index contributed by atoms with van der Waals surface area (Å²) >= 11 is 0. The molecule has 0 heterocycles. The summed E-state index contributed by atoms with van der Waals surface area (Å²) < 4.78 is 0. The van der Waals surface area contributed by atoms with E-state index in [1.165, 1.54) is 6.07 Å². The Labute approximate surface area is 86.7 Å². The summed E-state index contributed by atoms with van der Waals surface area (Å²) in [4.78, 5) is 4.59. The smallest absolute Gasteiger partial charge is 0.200 e. The van der Waals surface area contributed by atoms with Crippen LogP contribution in [-0.2, 0) is 10.3 Å². The number of phenolic OH excluding ortho intramolecular Hbond substituents is 3. The molecule has 0 saturated heterocycles. The number of phenols is 3. The molecule has 1 aliphatic carbocycles. The monoisotopic (exact) mass is 211 g/mol. The van der Waals surface area contributed by atoms with Crippen molar-refractivity contribution >= 4 is 0 Å². The SMILES string of the molecule is NOCC1(c2ccc(O)c(O)c2O)CC1. The van der Waals surface area contributed by atoms with Crippen LogP contribution in [0.4, 0.5) is 0 Å². The molecule has 1 aliphatic rings. The molecule has 15 heavy (non-hydrogen) atoms. The molecule has 82 valence electrons. The van der Waals surface area contributed by atoms with Crippen molar-refractivity contribution in [3.8, 4) is 17.2 Å². The van der Waals surface area contributed by atoms with Gasteiger partial charge in [0.15, 0.2) is 11.5 Å². The minimum absolute atomic E-state index is 0.287. The average Bonchev–Trinajstić information content (AvgIpc) is 2.96. The number of hydrogen-bond donors (Lipinski definition) is 4. The van der Waals surface area contributed by atoms with Gasteiger partial charge in [0, 0.05) is 11.0 Å². The van der Waals surface area contributed by atoms with Crippen LogP contribution in [0.1, 0.15) is 18.4 Å². The quantitative estimate of drug-likeness (QED) is 0.436. The first-order valence-corrected chi connectivity index (χ1v) is 4.67. The van der Waals surface area contributed by atoms with Gasteiger partial charge < -0.3 is 20.2 Å². The summed E-state index contributed by atoms with van der Waals surface area (Å²) in [6.45, 7) is 0.296. The lowest BCUT2D eigenvalue weighted by atomic mass is 9.95. The van der Waals surface area contributed by atoms with Crippen molar-refractivity contribution in [2.75, 3.05) is 6.61 Å². The van der Waals surface area contributed by atoms with Crippen LogP contribution in [0.2, 0.25) is 0 Å². The predicted molar refractivity (Wildman–Crippen MR) is 52.5 cm³/mol. The van der Waals surface area contributed by atoms with Gasteiger partial charge in [-0.05, 0) is 18.9 Å². The fourth-order valence-electron chi connectivity index (χ4n) is 1.80. The van der Waals surface area contributed by atoms with Gasteiger partial charge in [-0.1, -0.05) is 6.07 Å². The van der Waals surface area contributed by atoms with Crippen molar-refractivity contribution in [1.29, 1.82) is 0 Å². The highest BCUT2D eigenvalue weighted by atomic mass is 16.6. The highest BCUT2D eigenvalue weighted by molar-refractivity contribution is 5.56. The van der Waals surface area contributed by atoms with E-state index in [1.54, 1.807) is 6.07 Å². The first-order chi connectivity index (χ1) is 7.10.